The van der Waals surface area contributed by atoms with E-state index < -0.39 is 0 Å². The lowest BCUT2D eigenvalue weighted by Gasteiger charge is -2.15. The lowest BCUT2D eigenvalue weighted by molar-refractivity contribution is -0.483. The largest absolute Gasteiger partial charge is 0.460 e. The molecule has 0 bridgehead atoms. The Morgan fingerprint density at radius 3 is 2.52 bits per heavy atom. The second-order valence-corrected chi connectivity index (χ2v) is 6.44. The molecule has 1 aromatic heterocycles. The highest BCUT2D eigenvalue weighted by Crippen LogP contribution is 2.11. The second kappa shape index (κ2) is 9.21. The number of aryl methyl sites for hydroxylation is 1. The minimum absolute atomic E-state index is 0.0507. The average Bonchev–Trinajstić information content (AvgIpc) is 2.63. The van der Waals surface area contributed by atoms with E-state index in [2.05, 4.69) is 18.8 Å². The van der Waals surface area contributed by atoms with Gasteiger partial charge in [-0.25, -0.2) is 4.99 Å². The van der Waals surface area contributed by atoms with Gasteiger partial charge in [0.05, 0.1) is 0 Å². The normalized spacial score (nSPS) is 11.7. The summed E-state index contributed by atoms with van der Waals surface area (Å²) in [4.78, 5) is 15.9. The van der Waals surface area contributed by atoms with Crippen LogP contribution in [0.1, 0.15) is 55.5 Å². The fourth-order valence-corrected chi connectivity index (χ4v) is 3.01. The molecule has 0 fully saturated rings. The highest BCUT2D eigenvalue weighted by atomic mass is 16.3. The molecule has 25 heavy (non-hydrogen) atoms. The molecular formula is C21H29N2O2+. The van der Waals surface area contributed by atoms with Crippen LogP contribution in [0.3, 0.4) is 0 Å². The first-order chi connectivity index (χ1) is 12.1. The van der Waals surface area contributed by atoms with Gasteiger partial charge in [0.15, 0.2) is 12.1 Å². The number of nitrogens with zero attached hydrogens (tertiary/aromatic N) is 1. The van der Waals surface area contributed by atoms with Crippen LogP contribution in [0.15, 0.2) is 41.2 Å². The number of unbranched alkanes of at least 4 members (excludes halogenated alkanes) is 1. The van der Waals surface area contributed by atoms with Crippen molar-refractivity contribution in [2.24, 2.45) is 0 Å². The molecule has 0 aliphatic heterocycles. The molecule has 0 aliphatic rings. The number of hydrogen-bond acceptors (Lipinski definition) is 1. The SMILES string of the molecule is CCCCn1c(CCC)c(C)cc(C(O)=[NH+]Cc2ccccc2)c1=O. The third-order valence-corrected chi connectivity index (χ3v) is 4.40. The topological polar surface area (TPSA) is 56.2 Å². The molecule has 0 spiro atoms. The van der Waals surface area contributed by atoms with Crippen LogP contribution >= 0.6 is 0 Å². The van der Waals surface area contributed by atoms with Gasteiger partial charge in [-0.1, -0.05) is 57.0 Å². The highest BCUT2D eigenvalue weighted by Gasteiger charge is 2.18. The molecule has 0 saturated carbocycles. The van der Waals surface area contributed by atoms with Crippen molar-refractivity contribution >= 4 is 5.90 Å². The van der Waals surface area contributed by atoms with Crippen molar-refractivity contribution in [3.8, 4) is 0 Å². The van der Waals surface area contributed by atoms with Gasteiger partial charge < -0.3 is 9.67 Å². The molecule has 1 aromatic carbocycles. The van der Waals surface area contributed by atoms with Crippen molar-refractivity contribution in [2.75, 3.05) is 0 Å². The predicted octanol–water partition coefficient (Wildman–Crippen LogP) is 2.49. The van der Waals surface area contributed by atoms with Crippen LogP contribution < -0.4 is 10.6 Å². The zero-order chi connectivity index (χ0) is 18.2. The number of benzene rings is 1. The summed E-state index contributed by atoms with van der Waals surface area (Å²) >= 11 is 0. The van der Waals surface area contributed by atoms with Crippen molar-refractivity contribution in [1.29, 1.82) is 0 Å². The van der Waals surface area contributed by atoms with E-state index in [0.717, 1.165) is 42.5 Å². The molecule has 2 aromatic rings. The van der Waals surface area contributed by atoms with Gasteiger partial charge in [0, 0.05) is 17.8 Å². The standard InChI is InChI=1S/C21H28N2O2/c1-4-6-13-23-19(10-5-2)16(3)14-18(21(23)25)20(24)22-15-17-11-8-7-9-12-17/h7-9,11-12,14H,4-6,10,13,15H2,1-3H3,(H,22,24)/p+1. The second-order valence-electron chi connectivity index (χ2n) is 6.44. The van der Waals surface area contributed by atoms with E-state index in [1.165, 1.54) is 0 Å². The molecule has 1 heterocycles. The van der Waals surface area contributed by atoms with Crippen LogP contribution in [0.4, 0.5) is 0 Å². The fraction of sp³-hybridized carbons (Fsp3) is 0.429. The van der Waals surface area contributed by atoms with E-state index in [9.17, 15) is 9.90 Å². The maximum Gasteiger partial charge on any atom is 0.371 e. The van der Waals surface area contributed by atoms with Gasteiger partial charge in [-0.05, 0) is 31.4 Å². The van der Waals surface area contributed by atoms with E-state index in [1.54, 1.807) is 0 Å². The molecule has 4 heteroatoms. The maximum absolute atomic E-state index is 12.9. The molecule has 2 N–H and O–H groups in total. The third-order valence-electron chi connectivity index (χ3n) is 4.40. The average molecular weight is 341 g/mol. The summed E-state index contributed by atoms with van der Waals surface area (Å²) in [6, 6.07) is 11.6. The molecule has 0 saturated heterocycles. The molecule has 0 atom stereocenters. The van der Waals surface area contributed by atoms with E-state index >= 15 is 0 Å². The smallest absolute Gasteiger partial charge is 0.371 e. The number of aliphatic hydroxyl groups is 1. The Balaban J connectivity index is 2.39. The van der Waals surface area contributed by atoms with Crippen molar-refractivity contribution in [2.45, 2.75) is 59.5 Å². The first kappa shape index (κ1) is 19.0. The van der Waals surface area contributed by atoms with Gasteiger partial charge in [0.2, 0.25) is 0 Å². The Morgan fingerprint density at radius 2 is 1.88 bits per heavy atom. The summed E-state index contributed by atoms with van der Waals surface area (Å²) in [7, 11) is 0. The van der Waals surface area contributed by atoms with Crippen LogP contribution in [-0.4, -0.2) is 15.6 Å². The number of nitrogens with one attached hydrogen (secondary N) is 1. The molecule has 2 rings (SSSR count). The summed E-state index contributed by atoms with van der Waals surface area (Å²) in [5.74, 6) is -0.0507. The summed E-state index contributed by atoms with van der Waals surface area (Å²) in [5, 5.41) is 10.4. The monoisotopic (exact) mass is 341 g/mol. The van der Waals surface area contributed by atoms with Crippen LogP contribution in [0, 0.1) is 6.92 Å². The molecule has 0 amide bonds. The molecule has 0 radical (unpaired) electrons. The maximum atomic E-state index is 12.9. The summed E-state index contributed by atoms with van der Waals surface area (Å²) in [6.07, 6.45) is 3.86. The van der Waals surface area contributed by atoms with Crippen molar-refractivity contribution in [3.05, 3.63) is 69.1 Å². The first-order valence-electron chi connectivity index (χ1n) is 9.15. The van der Waals surface area contributed by atoms with Crippen LogP contribution in [0.2, 0.25) is 0 Å². The Morgan fingerprint density at radius 1 is 1.16 bits per heavy atom. The van der Waals surface area contributed by atoms with E-state index in [0.29, 0.717) is 18.7 Å². The number of rotatable bonds is 8. The van der Waals surface area contributed by atoms with Gasteiger partial charge in [0.25, 0.3) is 5.56 Å². The molecule has 134 valence electrons. The fourth-order valence-electron chi connectivity index (χ4n) is 3.01. The van der Waals surface area contributed by atoms with Gasteiger partial charge in [-0.15, -0.1) is 0 Å². The predicted molar refractivity (Wildman–Crippen MR) is 102 cm³/mol. The summed E-state index contributed by atoms with van der Waals surface area (Å²) < 4.78 is 1.85. The van der Waals surface area contributed by atoms with Crippen molar-refractivity contribution in [3.63, 3.8) is 0 Å². The first-order valence-corrected chi connectivity index (χ1v) is 9.15. The van der Waals surface area contributed by atoms with Gasteiger partial charge in [0.1, 0.15) is 0 Å². The Hall–Kier alpha value is -2.36. The highest BCUT2D eigenvalue weighted by molar-refractivity contribution is 5.87. The van der Waals surface area contributed by atoms with E-state index in [4.69, 9.17) is 0 Å². The third kappa shape index (κ3) is 4.81. The van der Waals surface area contributed by atoms with E-state index in [-0.39, 0.29) is 11.5 Å². The number of aliphatic hydroxyl groups excluding tert-OH is 1. The van der Waals surface area contributed by atoms with Crippen molar-refractivity contribution < 1.29 is 10.1 Å². The number of hydrogen-bond donors (Lipinski definition) is 2. The van der Waals surface area contributed by atoms with Gasteiger partial charge in [-0.3, -0.25) is 4.79 Å². The summed E-state index contributed by atoms with van der Waals surface area (Å²) in [5.41, 5.74) is 3.44. The molecule has 0 unspecified atom stereocenters. The van der Waals surface area contributed by atoms with Crippen LogP contribution in [0.25, 0.3) is 0 Å². The Kier molecular flexibility index (Phi) is 6.99. The minimum atomic E-state index is -0.111. The zero-order valence-electron chi connectivity index (χ0n) is 15.5. The zero-order valence-corrected chi connectivity index (χ0v) is 15.5. The lowest BCUT2D eigenvalue weighted by Crippen LogP contribution is -2.72. The molecule has 0 aliphatic carbocycles. The Labute approximate surface area is 149 Å². The van der Waals surface area contributed by atoms with E-state index in [1.807, 2.05) is 47.9 Å². The van der Waals surface area contributed by atoms with Gasteiger partial charge in [-0.2, -0.15) is 0 Å². The number of aromatic nitrogens is 1. The Bertz CT molecular complexity index is 776. The van der Waals surface area contributed by atoms with Crippen molar-refractivity contribution in [1.82, 2.24) is 4.57 Å². The lowest BCUT2D eigenvalue weighted by atomic mass is 10.1. The quantitative estimate of drug-likeness (QED) is 0.572. The minimum Gasteiger partial charge on any atom is -0.460 e. The van der Waals surface area contributed by atoms with Crippen LogP contribution in [0.5, 0.6) is 0 Å². The summed E-state index contributed by atoms with van der Waals surface area (Å²) in [6.45, 7) is 7.43. The van der Waals surface area contributed by atoms with Gasteiger partial charge >= 0.3 is 5.90 Å². The molecular weight excluding hydrogens is 312 g/mol. The molecule has 4 nitrogen and oxygen atoms in total. The van der Waals surface area contributed by atoms with Crippen LogP contribution in [-0.2, 0) is 19.5 Å². The number of pyridine rings is 1.